The Morgan fingerprint density at radius 3 is 2.44 bits per heavy atom. The summed E-state index contributed by atoms with van der Waals surface area (Å²) in [5, 5.41) is 6.67. The zero-order valence-corrected chi connectivity index (χ0v) is 19.0. The molecule has 154 valence electrons. The van der Waals surface area contributed by atoms with Gasteiger partial charge in [-0.15, -0.1) is 24.0 Å². The number of halogens is 2. The SMILES string of the molecule is CN=C(NCC(OC)c1ccc(F)cc1)NCC(C)(C)N1CCOCC1.I. The second-order valence-electron chi connectivity index (χ2n) is 6.99. The van der Waals surface area contributed by atoms with Crippen LogP contribution in [0.4, 0.5) is 4.39 Å². The highest BCUT2D eigenvalue weighted by Gasteiger charge is 2.28. The molecule has 1 aromatic rings. The molecule has 1 aliphatic heterocycles. The summed E-state index contributed by atoms with van der Waals surface area (Å²) in [6.07, 6.45) is -0.179. The highest BCUT2D eigenvalue weighted by molar-refractivity contribution is 14.0. The molecule has 1 fully saturated rings. The number of guanidine groups is 1. The zero-order chi connectivity index (χ0) is 19.0. The van der Waals surface area contributed by atoms with Gasteiger partial charge in [-0.2, -0.15) is 0 Å². The summed E-state index contributed by atoms with van der Waals surface area (Å²) in [4.78, 5) is 6.71. The summed E-state index contributed by atoms with van der Waals surface area (Å²) in [5.41, 5.74) is 0.921. The molecule has 0 amide bonds. The molecule has 0 saturated carbocycles. The van der Waals surface area contributed by atoms with Crippen molar-refractivity contribution in [1.29, 1.82) is 0 Å². The van der Waals surface area contributed by atoms with Crippen molar-refractivity contribution in [3.63, 3.8) is 0 Å². The molecule has 1 saturated heterocycles. The maximum Gasteiger partial charge on any atom is 0.191 e. The van der Waals surface area contributed by atoms with Crippen LogP contribution in [0.15, 0.2) is 29.3 Å². The van der Waals surface area contributed by atoms with E-state index in [4.69, 9.17) is 9.47 Å². The standard InChI is InChI=1S/C19H31FN4O2.HI/c1-19(2,24-9-11-26-12-10-24)14-23-18(21-3)22-13-17(25-4)15-5-7-16(20)8-6-15;/h5-8,17H,9-14H2,1-4H3,(H2,21,22,23);1H. The van der Waals surface area contributed by atoms with E-state index in [0.717, 1.165) is 44.4 Å². The first-order chi connectivity index (χ1) is 12.5. The number of benzene rings is 1. The number of aliphatic imine (C=N–C) groups is 1. The van der Waals surface area contributed by atoms with Crippen LogP contribution in [0.2, 0.25) is 0 Å². The molecule has 0 aliphatic carbocycles. The molecule has 8 heteroatoms. The Kier molecular flexibility index (Phi) is 10.5. The van der Waals surface area contributed by atoms with Gasteiger partial charge in [-0.25, -0.2) is 4.39 Å². The lowest BCUT2D eigenvalue weighted by molar-refractivity contribution is -0.00835. The van der Waals surface area contributed by atoms with E-state index in [1.807, 2.05) is 0 Å². The van der Waals surface area contributed by atoms with Gasteiger partial charge in [-0.3, -0.25) is 9.89 Å². The molecule has 1 unspecified atom stereocenters. The average molecular weight is 494 g/mol. The molecule has 1 atom stereocenters. The van der Waals surface area contributed by atoms with E-state index in [2.05, 4.69) is 34.4 Å². The van der Waals surface area contributed by atoms with Crippen molar-refractivity contribution >= 4 is 29.9 Å². The molecule has 1 heterocycles. The Morgan fingerprint density at radius 2 is 1.89 bits per heavy atom. The van der Waals surface area contributed by atoms with Gasteiger partial charge in [0, 0.05) is 45.9 Å². The number of morpholine rings is 1. The molecular weight excluding hydrogens is 462 g/mol. The van der Waals surface area contributed by atoms with E-state index in [0.29, 0.717) is 6.54 Å². The molecule has 1 aliphatic rings. The van der Waals surface area contributed by atoms with Gasteiger partial charge < -0.3 is 20.1 Å². The molecule has 0 spiro atoms. The van der Waals surface area contributed by atoms with E-state index < -0.39 is 0 Å². The average Bonchev–Trinajstić information content (AvgIpc) is 2.66. The van der Waals surface area contributed by atoms with Crippen LogP contribution in [0.3, 0.4) is 0 Å². The summed E-state index contributed by atoms with van der Waals surface area (Å²) in [5.74, 6) is 0.467. The fourth-order valence-corrected chi connectivity index (χ4v) is 3.01. The lowest BCUT2D eigenvalue weighted by atomic mass is 10.0. The predicted octanol–water partition coefficient (Wildman–Crippen LogP) is 2.41. The summed E-state index contributed by atoms with van der Waals surface area (Å²) >= 11 is 0. The predicted molar refractivity (Wildman–Crippen MR) is 117 cm³/mol. The Labute approximate surface area is 178 Å². The minimum Gasteiger partial charge on any atom is -0.379 e. The van der Waals surface area contributed by atoms with Gasteiger partial charge in [0.25, 0.3) is 0 Å². The third-order valence-corrected chi connectivity index (χ3v) is 4.76. The third-order valence-electron chi connectivity index (χ3n) is 4.76. The van der Waals surface area contributed by atoms with E-state index in [9.17, 15) is 4.39 Å². The number of hydrogen-bond donors (Lipinski definition) is 2. The van der Waals surface area contributed by atoms with E-state index in [-0.39, 0.29) is 41.4 Å². The third kappa shape index (κ3) is 7.52. The van der Waals surface area contributed by atoms with Gasteiger partial charge in [0.05, 0.1) is 19.3 Å². The summed E-state index contributed by atoms with van der Waals surface area (Å²) < 4.78 is 24.0. The number of methoxy groups -OCH3 is 1. The lowest BCUT2D eigenvalue weighted by Crippen LogP contribution is -2.56. The van der Waals surface area contributed by atoms with Crippen molar-refractivity contribution < 1.29 is 13.9 Å². The van der Waals surface area contributed by atoms with Gasteiger partial charge in [0.1, 0.15) is 5.82 Å². The Balaban J connectivity index is 0.00000364. The van der Waals surface area contributed by atoms with Crippen LogP contribution in [-0.2, 0) is 9.47 Å². The Morgan fingerprint density at radius 1 is 1.26 bits per heavy atom. The fraction of sp³-hybridized carbons (Fsp3) is 0.632. The molecular formula is C19H32FIN4O2. The maximum absolute atomic E-state index is 13.1. The van der Waals surface area contributed by atoms with Gasteiger partial charge in [0.2, 0.25) is 0 Å². The molecule has 0 bridgehead atoms. The minimum absolute atomic E-state index is 0. The number of ether oxygens (including phenoxy) is 2. The molecule has 0 radical (unpaired) electrons. The van der Waals surface area contributed by atoms with Crippen molar-refractivity contribution in [2.24, 2.45) is 4.99 Å². The van der Waals surface area contributed by atoms with Crippen LogP contribution in [0.5, 0.6) is 0 Å². The largest absolute Gasteiger partial charge is 0.379 e. The first kappa shape index (κ1) is 24.1. The van der Waals surface area contributed by atoms with E-state index in [1.165, 1.54) is 12.1 Å². The highest BCUT2D eigenvalue weighted by Crippen LogP contribution is 2.17. The van der Waals surface area contributed by atoms with Crippen LogP contribution in [0.1, 0.15) is 25.5 Å². The smallest absolute Gasteiger partial charge is 0.191 e. The van der Waals surface area contributed by atoms with Crippen LogP contribution < -0.4 is 10.6 Å². The van der Waals surface area contributed by atoms with Crippen LogP contribution in [-0.4, -0.2) is 69.9 Å². The first-order valence-electron chi connectivity index (χ1n) is 9.02. The fourth-order valence-electron chi connectivity index (χ4n) is 3.01. The van der Waals surface area contributed by atoms with Crippen molar-refractivity contribution in [2.45, 2.75) is 25.5 Å². The first-order valence-corrected chi connectivity index (χ1v) is 9.02. The molecule has 1 aromatic carbocycles. The lowest BCUT2D eigenvalue weighted by Gasteiger charge is -2.41. The van der Waals surface area contributed by atoms with Crippen molar-refractivity contribution in [3.8, 4) is 0 Å². The second kappa shape index (κ2) is 11.8. The van der Waals surface area contributed by atoms with Gasteiger partial charge in [0.15, 0.2) is 5.96 Å². The second-order valence-corrected chi connectivity index (χ2v) is 6.99. The van der Waals surface area contributed by atoms with Crippen LogP contribution in [0.25, 0.3) is 0 Å². The summed E-state index contributed by atoms with van der Waals surface area (Å²) in [6.45, 7) is 9.19. The van der Waals surface area contributed by atoms with Crippen molar-refractivity contribution in [2.75, 3.05) is 53.6 Å². The van der Waals surface area contributed by atoms with E-state index >= 15 is 0 Å². The highest BCUT2D eigenvalue weighted by atomic mass is 127. The quantitative estimate of drug-likeness (QED) is 0.347. The number of rotatable bonds is 7. The summed E-state index contributed by atoms with van der Waals surface area (Å²) in [6, 6.07) is 6.37. The summed E-state index contributed by atoms with van der Waals surface area (Å²) in [7, 11) is 3.39. The topological polar surface area (TPSA) is 58.1 Å². The van der Waals surface area contributed by atoms with Crippen molar-refractivity contribution in [1.82, 2.24) is 15.5 Å². The molecule has 27 heavy (non-hydrogen) atoms. The molecule has 2 N–H and O–H groups in total. The van der Waals surface area contributed by atoms with E-state index in [1.54, 1.807) is 26.3 Å². The maximum atomic E-state index is 13.1. The van der Waals surface area contributed by atoms with Gasteiger partial charge in [-0.05, 0) is 31.5 Å². The molecule has 2 rings (SSSR count). The normalized spacial score (nSPS) is 17.1. The Hall–Kier alpha value is -0.970. The van der Waals surface area contributed by atoms with Gasteiger partial charge in [-0.1, -0.05) is 12.1 Å². The van der Waals surface area contributed by atoms with Crippen LogP contribution >= 0.6 is 24.0 Å². The minimum atomic E-state index is -0.251. The van der Waals surface area contributed by atoms with Crippen molar-refractivity contribution in [3.05, 3.63) is 35.6 Å². The molecule has 6 nitrogen and oxygen atoms in total. The molecule has 0 aromatic heterocycles. The number of hydrogen-bond acceptors (Lipinski definition) is 4. The van der Waals surface area contributed by atoms with Gasteiger partial charge >= 0.3 is 0 Å². The monoisotopic (exact) mass is 494 g/mol. The number of nitrogens with one attached hydrogen (secondary N) is 2. The van der Waals surface area contributed by atoms with Crippen LogP contribution in [0, 0.1) is 5.82 Å². The Bertz CT molecular complexity index is 578. The number of nitrogens with zero attached hydrogens (tertiary/aromatic N) is 2. The zero-order valence-electron chi connectivity index (χ0n) is 16.6.